The molecule has 1 heterocycles. The molecule has 0 aromatic carbocycles. The van der Waals surface area contributed by atoms with Crippen LogP contribution in [0.5, 0.6) is 0 Å². The van der Waals surface area contributed by atoms with E-state index in [1.54, 1.807) is 7.11 Å². The molecule has 1 aliphatic heterocycles. The molecule has 6 heteroatoms. The Labute approximate surface area is 139 Å². The third kappa shape index (κ3) is 5.62. The lowest BCUT2D eigenvalue weighted by atomic mass is 9.88. The minimum absolute atomic E-state index is 0.0689. The molecule has 2 fully saturated rings. The molecule has 0 bridgehead atoms. The summed E-state index contributed by atoms with van der Waals surface area (Å²) >= 11 is 0. The van der Waals surface area contributed by atoms with Gasteiger partial charge >= 0.3 is 6.09 Å². The van der Waals surface area contributed by atoms with Crippen LogP contribution in [0.15, 0.2) is 0 Å². The Morgan fingerprint density at radius 2 is 2.09 bits per heavy atom. The van der Waals surface area contributed by atoms with E-state index < -0.39 is 5.60 Å². The van der Waals surface area contributed by atoms with E-state index >= 15 is 0 Å². The maximum atomic E-state index is 12.4. The maximum absolute atomic E-state index is 12.4. The molecule has 6 nitrogen and oxygen atoms in total. The van der Waals surface area contributed by atoms with Crippen LogP contribution in [-0.4, -0.2) is 67.7 Å². The topological polar surface area (TPSA) is 60.0 Å². The first-order chi connectivity index (χ1) is 10.8. The first-order valence-corrected chi connectivity index (χ1v) is 8.64. The largest absolute Gasteiger partial charge is 0.444 e. The second-order valence-corrected chi connectivity index (χ2v) is 7.73. The Balaban J connectivity index is 1.82. The van der Waals surface area contributed by atoms with Gasteiger partial charge < -0.3 is 24.4 Å². The fraction of sp³-hybridized carbons (Fsp3) is 0.941. The van der Waals surface area contributed by atoms with Crippen LogP contribution >= 0.6 is 0 Å². The molecule has 23 heavy (non-hydrogen) atoms. The second kappa shape index (κ2) is 7.81. The highest BCUT2D eigenvalue weighted by molar-refractivity contribution is 5.68. The van der Waals surface area contributed by atoms with Gasteiger partial charge in [-0.05, 0) is 47.0 Å². The average molecular weight is 328 g/mol. The molecule has 0 aromatic rings. The zero-order chi connectivity index (χ0) is 17.0. The summed E-state index contributed by atoms with van der Waals surface area (Å²) in [4.78, 5) is 14.2. The van der Waals surface area contributed by atoms with Gasteiger partial charge in [0.1, 0.15) is 5.60 Å². The summed E-state index contributed by atoms with van der Waals surface area (Å²) in [5.41, 5.74) is -0.467. The first kappa shape index (κ1) is 18.5. The number of rotatable bonds is 5. The van der Waals surface area contributed by atoms with Crippen molar-refractivity contribution in [3.8, 4) is 0 Å². The Bertz CT molecular complexity index is 391. The van der Waals surface area contributed by atoms with E-state index in [4.69, 9.17) is 14.2 Å². The second-order valence-electron chi connectivity index (χ2n) is 7.73. The number of nitrogens with one attached hydrogen (secondary N) is 1. The Morgan fingerprint density at radius 3 is 2.70 bits per heavy atom. The highest BCUT2D eigenvalue weighted by Gasteiger charge is 2.34. The van der Waals surface area contributed by atoms with Crippen molar-refractivity contribution in [1.82, 2.24) is 10.2 Å². The van der Waals surface area contributed by atoms with Crippen molar-refractivity contribution in [3.63, 3.8) is 0 Å². The predicted molar refractivity (Wildman–Crippen MR) is 88.6 cm³/mol. The van der Waals surface area contributed by atoms with Gasteiger partial charge in [-0.1, -0.05) is 0 Å². The molecule has 2 unspecified atom stereocenters. The summed E-state index contributed by atoms with van der Waals surface area (Å²) in [6.07, 6.45) is 3.17. The molecule has 2 atom stereocenters. The number of ether oxygens (including phenoxy) is 3. The zero-order valence-corrected chi connectivity index (χ0v) is 15.1. The van der Waals surface area contributed by atoms with Gasteiger partial charge in [0.15, 0.2) is 0 Å². The van der Waals surface area contributed by atoms with Crippen molar-refractivity contribution >= 4 is 6.09 Å². The van der Waals surface area contributed by atoms with Crippen molar-refractivity contribution in [2.24, 2.45) is 0 Å². The molecule has 1 saturated heterocycles. The molecule has 1 amide bonds. The highest BCUT2D eigenvalue weighted by Crippen LogP contribution is 2.24. The van der Waals surface area contributed by atoms with E-state index in [0.29, 0.717) is 37.9 Å². The molecule has 0 radical (unpaired) electrons. The molecule has 1 N–H and O–H groups in total. The third-order valence-electron chi connectivity index (χ3n) is 4.43. The molecule has 134 valence electrons. The molecule has 1 aliphatic carbocycles. The third-order valence-corrected chi connectivity index (χ3v) is 4.43. The normalized spacial score (nSPS) is 29.8. The van der Waals surface area contributed by atoms with E-state index in [1.165, 1.54) is 0 Å². The van der Waals surface area contributed by atoms with E-state index in [0.717, 1.165) is 19.3 Å². The van der Waals surface area contributed by atoms with Gasteiger partial charge in [0.2, 0.25) is 0 Å². The minimum atomic E-state index is -0.467. The summed E-state index contributed by atoms with van der Waals surface area (Å²) in [6, 6.07) is 0.920. The number of hydrogen-bond donors (Lipinski definition) is 1. The monoisotopic (exact) mass is 328 g/mol. The molecule has 2 rings (SSSR count). The van der Waals surface area contributed by atoms with Crippen molar-refractivity contribution in [2.75, 3.05) is 26.9 Å². The molecule has 0 aromatic heterocycles. The lowest BCUT2D eigenvalue weighted by molar-refractivity contribution is -0.0370. The predicted octanol–water partition coefficient (Wildman–Crippen LogP) is 2.17. The van der Waals surface area contributed by atoms with E-state index in [9.17, 15) is 4.79 Å². The molecule has 0 spiro atoms. The number of nitrogens with zero attached hydrogens (tertiary/aromatic N) is 1. The van der Waals surface area contributed by atoms with Gasteiger partial charge in [0.25, 0.3) is 0 Å². The quantitative estimate of drug-likeness (QED) is 0.838. The minimum Gasteiger partial charge on any atom is -0.444 e. The Hall–Kier alpha value is -0.850. The Morgan fingerprint density at radius 1 is 1.39 bits per heavy atom. The van der Waals surface area contributed by atoms with E-state index in [1.807, 2.05) is 25.7 Å². The molecular formula is C17H32N2O4. The van der Waals surface area contributed by atoms with Crippen LogP contribution < -0.4 is 5.32 Å². The van der Waals surface area contributed by atoms with E-state index in [2.05, 4.69) is 12.2 Å². The van der Waals surface area contributed by atoms with Crippen molar-refractivity contribution in [3.05, 3.63) is 0 Å². The lowest BCUT2D eigenvalue weighted by Crippen LogP contribution is -2.54. The number of amides is 1. The van der Waals surface area contributed by atoms with Gasteiger partial charge in [-0.3, -0.25) is 0 Å². The SMILES string of the molecule is COC1CC(NC(C)CC2COCCN2C(=O)OC(C)(C)C)C1. The molecular weight excluding hydrogens is 296 g/mol. The maximum Gasteiger partial charge on any atom is 0.410 e. The van der Waals surface area contributed by atoms with Crippen LogP contribution in [0.3, 0.4) is 0 Å². The Kier molecular flexibility index (Phi) is 6.28. The van der Waals surface area contributed by atoms with Crippen LogP contribution in [0, 0.1) is 0 Å². The van der Waals surface area contributed by atoms with Crippen LogP contribution in [-0.2, 0) is 14.2 Å². The fourth-order valence-electron chi connectivity index (χ4n) is 3.18. The molecule has 2 aliphatic rings. The van der Waals surface area contributed by atoms with Crippen LogP contribution in [0.4, 0.5) is 4.79 Å². The summed E-state index contributed by atoms with van der Waals surface area (Å²) in [5, 5.41) is 3.62. The first-order valence-electron chi connectivity index (χ1n) is 8.64. The standard InChI is InChI=1S/C17H32N2O4/c1-12(18-13-9-15(10-13)21-5)8-14-11-22-7-6-19(14)16(20)23-17(2,3)4/h12-15,18H,6-11H2,1-5H3. The van der Waals surface area contributed by atoms with Crippen molar-refractivity contribution in [2.45, 2.75) is 76.8 Å². The van der Waals surface area contributed by atoms with E-state index in [-0.39, 0.29) is 12.1 Å². The van der Waals surface area contributed by atoms with Gasteiger partial charge in [-0.25, -0.2) is 4.79 Å². The van der Waals surface area contributed by atoms with Crippen molar-refractivity contribution in [1.29, 1.82) is 0 Å². The van der Waals surface area contributed by atoms with Gasteiger partial charge in [-0.2, -0.15) is 0 Å². The van der Waals surface area contributed by atoms with Crippen LogP contribution in [0.2, 0.25) is 0 Å². The summed E-state index contributed by atoms with van der Waals surface area (Å²) in [6.45, 7) is 9.61. The number of carbonyl (C=O) groups is 1. The average Bonchev–Trinajstić information content (AvgIpc) is 2.41. The highest BCUT2D eigenvalue weighted by atomic mass is 16.6. The number of morpholine rings is 1. The van der Waals surface area contributed by atoms with Crippen LogP contribution in [0.1, 0.15) is 47.0 Å². The fourth-order valence-corrected chi connectivity index (χ4v) is 3.18. The zero-order valence-electron chi connectivity index (χ0n) is 15.1. The number of methoxy groups -OCH3 is 1. The summed E-state index contributed by atoms with van der Waals surface area (Å²) in [5.74, 6) is 0. The van der Waals surface area contributed by atoms with Crippen LogP contribution in [0.25, 0.3) is 0 Å². The van der Waals surface area contributed by atoms with Crippen molar-refractivity contribution < 1.29 is 19.0 Å². The lowest BCUT2D eigenvalue weighted by Gasteiger charge is -2.40. The number of carbonyl (C=O) groups excluding carboxylic acids is 1. The number of hydrogen-bond acceptors (Lipinski definition) is 5. The van der Waals surface area contributed by atoms with Gasteiger partial charge in [0, 0.05) is 25.7 Å². The summed E-state index contributed by atoms with van der Waals surface area (Å²) in [7, 11) is 1.77. The molecule has 1 saturated carbocycles. The van der Waals surface area contributed by atoms with Gasteiger partial charge in [0.05, 0.1) is 25.4 Å². The summed E-state index contributed by atoms with van der Waals surface area (Å²) < 4.78 is 16.4. The smallest absolute Gasteiger partial charge is 0.410 e. The van der Waals surface area contributed by atoms with Gasteiger partial charge in [-0.15, -0.1) is 0 Å².